The predicted octanol–water partition coefficient (Wildman–Crippen LogP) is 6.30. The van der Waals surface area contributed by atoms with Gasteiger partial charge in [-0.05, 0) is 49.8 Å². The fraction of sp³-hybridized carbons (Fsp3) is 0.111. The summed E-state index contributed by atoms with van der Waals surface area (Å²) in [5, 5.41) is 10.3. The number of carboxylic acid groups (broad SMARTS) is 1. The number of carbonyl (C=O) groups is 2. The van der Waals surface area contributed by atoms with Crippen LogP contribution < -0.4 is 0 Å². The normalized spacial score (nSPS) is 12.1. The summed E-state index contributed by atoms with van der Waals surface area (Å²) in [6, 6.07) is 17.1. The highest BCUT2D eigenvalue weighted by molar-refractivity contribution is 7.90. The van der Waals surface area contributed by atoms with Crippen molar-refractivity contribution in [2.24, 2.45) is 0 Å². The lowest BCUT2D eigenvalue weighted by Gasteiger charge is -2.12. The average molecular weight is 558 g/mol. The number of carboxylic acids is 1. The van der Waals surface area contributed by atoms with E-state index in [1.54, 1.807) is 49.4 Å². The van der Waals surface area contributed by atoms with Gasteiger partial charge in [0.15, 0.2) is 5.69 Å². The fourth-order valence-electron chi connectivity index (χ4n) is 3.96. The molecule has 0 saturated heterocycles. The molecule has 0 spiro atoms. The van der Waals surface area contributed by atoms with Crippen LogP contribution in [-0.2, 0) is 19.6 Å². The van der Waals surface area contributed by atoms with Gasteiger partial charge < -0.3 is 9.84 Å². The van der Waals surface area contributed by atoms with E-state index in [-0.39, 0.29) is 43.6 Å². The van der Waals surface area contributed by atoms with Gasteiger partial charge in [0, 0.05) is 16.0 Å². The fourth-order valence-corrected chi connectivity index (χ4v) is 6.06. The van der Waals surface area contributed by atoms with Gasteiger partial charge in [0.25, 0.3) is 10.0 Å². The van der Waals surface area contributed by atoms with Crippen LogP contribution in [0.25, 0.3) is 22.6 Å². The maximum atomic E-state index is 13.9. The number of esters is 1. The van der Waals surface area contributed by atoms with Gasteiger partial charge in [0.1, 0.15) is 0 Å². The smallest absolute Gasteiger partial charge is 0.356 e. The second kappa shape index (κ2) is 10.4. The molecule has 0 saturated carbocycles. The van der Waals surface area contributed by atoms with Gasteiger partial charge in [0.2, 0.25) is 0 Å². The quantitative estimate of drug-likeness (QED) is 0.211. The molecule has 0 aliphatic heterocycles. The van der Waals surface area contributed by atoms with E-state index in [1.807, 2.05) is 6.92 Å². The number of aromatic nitrogens is 1. The average Bonchev–Trinajstić information content (AvgIpc) is 3.18. The van der Waals surface area contributed by atoms with Crippen LogP contribution in [0.2, 0.25) is 10.0 Å². The number of aryl methyl sites for hydroxylation is 1. The van der Waals surface area contributed by atoms with E-state index in [1.165, 1.54) is 30.3 Å². The van der Waals surface area contributed by atoms with Crippen LogP contribution in [0.1, 0.15) is 34.1 Å². The van der Waals surface area contributed by atoms with Gasteiger partial charge in [0.05, 0.1) is 27.6 Å². The molecular weight excluding hydrogens is 537 g/mol. The monoisotopic (exact) mass is 557 g/mol. The summed E-state index contributed by atoms with van der Waals surface area (Å²) in [4.78, 5) is 25.5. The first-order chi connectivity index (χ1) is 17.6. The molecule has 1 aromatic heterocycles. The second-order valence-electron chi connectivity index (χ2n) is 8.08. The second-order valence-corrected chi connectivity index (χ2v) is 10.7. The Morgan fingerprint density at radius 1 is 1.03 bits per heavy atom. The van der Waals surface area contributed by atoms with Gasteiger partial charge in [-0.15, -0.1) is 0 Å². The number of ether oxygens (including phenoxy) is 1. The van der Waals surface area contributed by atoms with E-state index < -0.39 is 27.7 Å². The minimum Gasteiger partial charge on any atom is -0.478 e. The Balaban J connectivity index is 2.19. The molecule has 0 fully saturated rings. The number of benzene rings is 3. The highest BCUT2D eigenvalue weighted by Crippen LogP contribution is 2.39. The van der Waals surface area contributed by atoms with E-state index in [4.69, 9.17) is 27.9 Å². The van der Waals surface area contributed by atoms with Crippen LogP contribution in [0.3, 0.4) is 0 Å². The van der Waals surface area contributed by atoms with Crippen LogP contribution >= 0.6 is 23.2 Å². The molecule has 7 nitrogen and oxygen atoms in total. The summed E-state index contributed by atoms with van der Waals surface area (Å²) >= 11 is 12.8. The Morgan fingerprint density at radius 3 is 2.27 bits per heavy atom. The lowest BCUT2D eigenvalue weighted by Crippen LogP contribution is -2.20. The van der Waals surface area contributed by atoms with Crippen LogP contribution in [0.5, 0.6) is 0 Å². The van der Waals surface area contributed by atoms with Crippen molar-refractivity contribution in [1.29, 1.82) is 0 Å². The SMILES string of the molecule is CCOC(=O)c1c(/C=C(\C(=O)O)c2ccccc2)c2c(Cl)cc(Cl)cc2n1S(=O)(=O)c1ccc(C)cc1. The number of nitrogens with zero attached hydrogens (tertiary/aromatic N) is 1. The molecule has 0 atom stereocenters. The predicted molar refractivity (Wildman–Crippen MR) is 144 cm³/mol. The molecule has 0 amide bonds. The molecular formula is C27H21Cl2NO6S. The van der Waals surface area contributed by atoms with Crippen molar-refractivity contribution in [2.45, 2.75) is 18.7 Å². The Hall–Kier alpha value is -3.59. The highest BCUT2D eigenvalue weighted by atomic mass is 35.5. The number of hydrogen-bond donors (Lipinski definition) is 1. The zero-order valence-corrected chi connectivity index (χ0v) is 22.1. The summed E-state index contributed by atoms with van der Waals surface area (Å²) in [5.41, 5.74) is 0.597. The molecule has 1 N–H and O–H groups in total. The summed E-state index contributed by atoms with van der Waals surface area (Å²) in [5.74, 6) is -2.25. The molecule has 37 heavy (non-hydrogen) atoms. The van der Waals surface area contributed by atoms with Crippen molar-refractivity contribution in [3.8, 4) is 0 Å². The number of carbonyl (C=O) groups excluding carboxylic acids is 1. The van der Waals surface area contributed by atoms with Crippen molar-refractivity contribution < 1.29 is 27.9 Å². The Morgan fingerprint density at radius 2 is 1.68 bits per heavy atom. The lowest BCUT2D eigenvalue weighted by molar-refractivity contribution is -0.130. The van der Waals surface area contributed by atoms with Gasteiger partial charge in [-0.2, -0.15) is 0 Å². The molecule has 3 aromatic carbocycles. The van der Waals surface area contributed by atoms with Gasteiger partial charge in [-0.25, -0.2) is 22.0 Å². The first kappa shape index (κ1) is 26.5. The largest absolute Gasteiger partial charge is 0.478 e. The molecule has 0 unspecified atom stereocenters. The first-order valence-electron chi connectivity index (χ1n) is 11.1. The molecule has 0 radical (unpaired) electrons. The molecule has 0 aliphatic carbocycles. The third-order valence-corrected chi connectivity index (χ3v) is 7.86. The van der Waals surface area contributed by atoms with Crippen molar-refractivity contribution in [3.63, 3.8) is 0 Å². The van der Waals surface area contributed by atoms with E-state index in [0.29, 0.717) is 5.56 Å². The Bertz CT molecular complexity index is 1660. The molecule has 0 bridgehead atoms. The van der Waals surface area contributed by atoms with E-state index in [0.717, 1.165) is 9.54 Å². The van der Waals surface area contributed by atoms with Gasteiger partial charge >= 0.3 is 11.9 Å². The van der Waals surface area contributed by atoms with Crippen molar-refractivity contribution >= 4 is 67.7 Å². The number of rotatable bonds is 7. The number of fused-ring (bicyclic) bond motifs is 1. The summed E-state index contributed by atoms with van der Waals surface area (Å²) in [6.07, 6.45) is 1.23. The van der Waals surface area contributed by atoms with Gasteiger partial charge in [-0.3, -0.25) is 0 Å². The third-order valence-electron chi connectivity index (χ3n) is 5.61. The highest BCUT2D eigenvalue weighted by Gasteiger charge is 2.33. The Labute approximate surface area is 223 Å². The van der Waals surface area contributed by atoms with Crippen molar-refractivity contribution in [3.05, 3.63) is 99.2 Å². The van der Waals surface area contributed by atoms with Crippen LogP contribution in [0, 0.1) is 6.92 Å². The number of aliphatic carboxylic acids is 1. The molecule has 1 heterocycles. The molecule has 190 valence electrons. The Kier molecular flexibility index (Phi) is 7.45. The molecule has 10 heteroatoms. The topological polar surface area (TPSA) is 103 Å². The maximum Gasteiger partial charge on any atom is 0.356 e. The maximum absolute atomic E-state index is 13.9. The van der Waals surface area contributed by atoms with Crippen LogP contribution in [-0.4, -0.2) is 36.0 Å². The van der Waals surface area contributed by atoms with E-state index in [2.05, 4.69) is 0 Å². The van der Waals surface area contributed by atoms with Crippen molar-refractivity contribution in [2.75, 3.05) is 6.61 Å². The third kappa shape index (κ3) is 5.00. The summed E-state index contributed by atoms with van der Waals surface area (Å²) < 4.78 is 33.9. The molecule has 4 rings (SSSR count). The minimum atomic E-state index is -4.39. The first-order valence-corrected chi connectivity index (χ1v) is 13.3. The zero-order valence-electron chi connectivity index (χ0n) is 19.7. The van der Waals surface area contributed by atoms with E-state index in [9.17, 15) is 23.1 Å². The summed E-state index contributed by atoms with van der Waals surface area (Å²) in [6.45, 7) is 3.34. The van der Waals surface area contributed by atoms with E-state index >= 15 is 0 Å². The summed E-state index contributed by atoms with van der Waals surface area (Å²) in [7, 11) is -4.39. The molecule has 0 aliphatic rings. The standard InChI is InChI=1S/C27H21Cl2NO6S/c1-3-36-27(33)25-21(15-20(26(31)32)17-7-5-4-6-8-17)24-22(29)13-18(28)14-23(24)30(25)37(34,35)19-11-9-16(2)10-12-19/h4-15H,3H2,1-2H3,(H,31,32)/b20-15-. The van der Waals surface area contributed by atoms with Gasteiger partial charge in [-0.1, -0.05) is 71.2 Å². The molecule has 4 aromatic rings. The van der Waals surface area contributed by atoms with Crippen molar-refractivity contribution in [1.82, 2.24) is 3.97 Å². The lowest BCUT2D eigenvalue weighted by atomic mass is 10.0. The van der Waals surface area contributed by atoms with Crippen LogP contribution in [0.4, 0.5) is 0 Å². The minimum absolute atomic E-state index is 0.00479. The number of hydrogen-bond acceptors (Lipinski definition) is 5. The number of halogens is 2. The zero-order chi connectivity index (χ0) is 26.9. The van der Waals surface area contributed by atoms with Crippen LogP contribution in [0.15, 0.2) is 71.6 Å².